The summed E-state index contributed by atoms with van der Waals surface area (Å²) in [4.78, 5) is 5.25. The number of piperazine rings is 1. The first-order valence-electron chi connectivity index (χ1n) is 8.28. The normalized spacial score (nSPS) is 33.9. The van der Waals surface area contributed by atoms with E-state index >= 15 is 0 Å². The topological polar surface area (TPSA) is 41.7 Å². The van der Waals surface area contributed by atoms with Crippen molar-refractivity contribution in [3.05, 3.63) is 29.8 Å². The molecule has 4 rings (SSSR count). The second-order valence-electron chi connectivity index (χ2n) is 6.62. The van der Waals surface area contributed by atoms with Crippen LogP contribution in [0.3, 0.4) is 0 Å². The standard InChI is InChI=1S/C17H25N3O/c18-17-14-6-1-2-7-16(14)21-12-15(17)20-10-9-19-8-4-3-5-13(19)11-20/h1-2,6-7,13,15,17H,3-5,8-12,18H2. The molecule has 0 aliphatic carbocycles. The van der Waals surface area contributed by atoms with Crippen molar-refractivity contribution >= 4 is 0 Å². The third-order valence-corrected chi connectivity index (χ3v) is 5.44. The predicted molar refractivity (Wildman–Crippen MR) is 83.4 cm³/mol. The SMILES string of the molecule is NC1c2ccccc2OCC1N1CCN2CCCCC2C1. The number of fused-ring (bicyclic) bond motifs is 2. The van der Waals surface area contributed by atoms with Gasteiger partial charge in [0, 0.05) is 31.2 Å². The minimum absolute atomic E-state index is 0.0742. The maximum atomic E-state index is 6.55. The van der Waals surface area contributed by atoms with Gasteiger partial charge in [0.25, 0.3) is 0 Å². The summed E-state index contributed by atoms with van der Waals surface area (Å²) in [5.74, 6) is 0.970. The number of nitrogens with zero attached hydrogens (tertiary/aromatic N) is 2. The third-order valence-electron chi connectivity index (χ3n) is 5.44. The number of hydrogen-bond donors (Lipinski definition) is 1. The maximum absolute atomic E-state index is 6.55. The fraction of sp³-hybridized carbons (Fsp3) is 0.647. The first kappa shape index (κ1) is 13.6. The average Bonchev–Trinajstić information content (AvgIpc) is 2.55. The quantitative estimate of drug-likeness (QED) is 0.852. The number of para-hydroxylation sites is 1. The van der Waals surface area contributed by atoms with Crippen LogP contribution >= 0.6 is 0 Å². The molecule has 0 spiro atoms. The summed E-state index contributed by atoms with van der Waals surface area (Å²) >= 11 is 0. The van der Waals surface area contributed by atoms with Crippen LogP contribution in [0.25, 0.3) is 0 Å². The van der Waals surface area contributed by atoms with Gasteiger partial charge in [0.05, 0.1) is 12.1 Å². The first-order valence-corrected chi connectivity index (χ1v) is 8.28. The van der Waals surface area contributed by atoms with E-state index in [1.807, 2.05) is 12.1 Å². The summed E-state index contributed by atoms with van der Waals surface area (Å²) < 4.78 is 5.96. The number of hydrogen-bond acceptors (Lipinski definition) is 4. The molecule has 3 heterocycles. The zero-order valence-electron chi connectivity index (χ0n) is 12.6. The van der Waals surface area contributed by atoms with Gasteiger partial charge in [-0.25, -0.2) is 0 Å². The Morgan fingerprint density at radius 3 is 2.86 bits per heavy atom. The number of piperidine rings is 1. The second kappa shape index (κ2) is 5.59. The van der Waals surface area contributed by atoms with Crippen molar-refractivity contribution in [2.24, 2.45) is 5.73 Å². The Morgan fingerprint density at radius 1 is 1.05 bits per heavy atom. The summed E-state index contributed by atoms with van der Waals surface area (Å²) in [6.45, 7) is 5.49. The van der Waals surface area contributed by atoms with Crippen molar-refractivity contribution in [2.75, 3.05) is 32.8 Å². The van der Waals surface area contributed by atoms with Gasteiger partial charge >= 0.3 is 0 Å². The van der Waals surface area contributed by atoms with E-state index in [-0.39, 0.29) is 6.04 Å². The van der Waals surface area contributed by atoms with E-state index in [1.165, 1.54) is 37.9 Å². The Balaban J connectivity index is 1.50. The molecular formula is C17H25N3O. The van der Waals surface area contributed by atoms with Gasteiger partial charge in [-0.3, -0.25) is 9.80 Å². The predicted octanol–water partition coefficient (Wildman–Crippen LogP) is 1.62. The van der Waals surface area contributed by atoms with Gasteiger partial charge in [-0.1, -0.05) is 24.6 Å². The average molecular weight is 287 g/mol. The number of nitrogens with two attached hydrogens (primary N) is 1. The van der Waals surface area contributed by atoms with Gasteiger partial charge in [-0.05, 0) is 25.5 Å². The lowest BCUT2D eigenvalue weighted by Gasteiger charge is -2.48. The summed E-state index contributed by atoms with van der Waals surface area (Å²) in [6, 6.07) is 9.36. The summed E-state index contributed by atoms with van der Waals surface area (Å²) in [6.07, 6.45) is 4.09. The minimum atomic E-state index is 0.0742. The van der Waals surface area contributed by atoms with E-state index in [9.17, 15) is 0 Å². The van der Waals surface area contributed by atoms with E-state index in [1.54, 1.807) is 0 Å². The zero-order valence-corrected chi connectivity index (χ0v) is 12.6. The molecule has 3 unspecified atom stereocenters. The molecule has 0 amide bonds. The number of rotatable bonds is 1. The third kappa shape index (κ3) is 2.45. The highest BCUT2D eigenvalue weighted by Gasteiger charge is 2.37. The molecule has 2 fully saturated rings. The van der Waals surface area contributed by atoms with Crippen LogP contribution in [0, 0.1) is 0 Å². The number of benzene rings is 1. The van der Waals surface area contributed by atoms with Gasteiger partial charge in [0.1, 0.15) is 12.4 Å². The molecule has 2 saturated heterocycles. The lowest BCUT2D eigenvalue weighted by Crippen LogP contribution is -2.60. The highest BCUT2D eigenvalue weighted by atomic mass is 16.5. The van der Waals surface area contributed by atoms with Gasteiger partial charge in [0.2, 0.25) is 0 Å². The Bertz CT molecular complexity index is 507. The molecule has 0 radical (unpaired) electrons. The monoisotopic (exact) mass is 287 g/mol. The van der Waals surface area contributed by atoms with Crippen molar-refractivity contribution in [3.63, 3.8) is 0 Å². The Morgan fingerprint density at radius 2 is 1.90 bits per heavy atom. The van der Waals surface area contributed by atoms with Crippen LogP contribution in [-0.2, 0) is 0 Å². The van der Waals surface area contributed by atoms with E-state index in [0.717, 1.165) is 31.5 Å². The molecule has 0 bridgehead atoms. The van der Waals surface area contributed by atoms with Gasteiger partial charge in [-0.15, -0.1) is 0 Å². The summed E-state index contributed by atoms with van der Waals surface area (Å²) in [7, 11) is 0. The smallest absolute Gasteiger partial charge is 0.124 e. The summed E-state index contributed by atoms with van der Waals surface area (Å²) in [5, 5.41) is 0. The highest BCUT2D eigenvalue weighted by molar-refractivity contribution is 5.38. The molecule has 114 valence electrons. The molecule has 1 aromatic rings. The van der Waals surface area contributed by atoms with Gasteiger partial charge < -0.3 is 10.5 Å². The summed E-state index contributed by atoms with van der Waals surface area (Å²) in [5.41, 5.74) is 7.72. The van der Waals surface area contributed by atoms with E-state index < -0.39 is 0 Å². The van der Waals surface area contributed by atoms with Crippen LogP contribution < -0.4 is 10.5 Å². The van der Waals surface area contributed by atoms with Crippen LogP contribution in [0.2, 0.25) is 0 Å². The van der Waals surface area contributed by atoms with Crippen molar-refractivity contribution in [2.45, 2.75) is 37.4 Å². The van der Waals surface area contributed by atoms with Crippen molar-refractivity contribution in [3.8, 4) is 5.75 Å². The fourth-order valence-corrected chi connectivity index (χ4v) is 4.19. The Labute approximate surface area is 126 Å². The van der Waals surface area contributed by atoms with Crippen LogP contribution in [-0.4, -0.2) is 54.7 Å². The largest absolute Gasteiger partial charge is 0.492 e. The van der Waals surface area contributed by atoms with E-state index in [0.29, 0.717) is 6.04 Å². The molecule has 3 aliphatic heterocycles. The van der Waals surface area contributed by atoms with Crippen molar-refractivity contribution < 1.29 is 4.74 Å². The Kier molecular flexibility index (Phi) is 3.61. The molecule has 4 nitrogen and oxygen atoms in total. The molecular weight excluding hydrogens is 262 g/mol. The maximum Gasteiger partial charge on any atom is 0.124 e. The molecule has 4 heteroatoms. The van der Waals surface area contributed by atoms with E-state index in [4.69, 9.17) is 10.5 Å². The van der Waals surface area contributed by atoms with Crippen LogP contribution in [0.4, 0.5) is 0 Å². The molecule has 21 heavy (non-hydrogen) atoms. The molecule has 2 N–H and O–H groups in total. The highest BCUT2D eigenvalue weighted by Crippen LogP contribution is 2.34. The lowest BCUT2D eigenvalue weighted by atomic mass is 9.93. The number of ether oxygens (including phenoxy) is 1. The molecule has 1 aromatic carbocycles. The van der Waals surface area contributed by atoms with Crippen LogP contribution in [0.15, 0.2) is 24.3 Å². The fourth-order valence-electron chi connectivity index (χ4n) is 4.19. The molecule has 3 atom stereocenters. The molecule has 3 aliphatic rings. The van der Waals surface area contributed by atoms with Crippen LogP contribution in [0.5, 0.6) is 5.75 Å². The van der Waals surface area contributed by atoms with Crippen molar-refractivity contribution in [1.82, 2.24) is 9.80 Å². The minimum Gasteiger partial charge on any atom is -0.492 e. The zero-order chi connectivity index (χ0) is 14.2. The van der Waals surface area contributed by atoms with Gasteiger partial charge in [0.15, 0.2) is 0 Å². The first-order chi connectivity index (χ1) is 10.3. The van der Waals surface area contributed by atoms with Crippen LogP contribution in [0.1, 0.15) is 30.9 Å². The lowest BCUT2D eigenvalue weighted by molar-refractivity contribution is 0.00314. The Hall–Kier alpha value is -1.10. The van der Waals surface area contributed by atoms with Gasteiger partial charge in [-0.2, -0.15) is 0 Å². The molecule has 0 aromatic heterocycles. The molecule has 0 saturated carbocycles. The second-order valence-corrected chi connectivity index (χ2v) is 6.62. The van der Waals surface area contributed by atoms with Crippen molar-refractivity contribution in [1.29, 1.82) is 0 Å². The van der Waals surface area contributed by atoms with E-state index in [2.05, 4.69) is 21.9 Å².